The van der Waals surface area contributed by atoms with E-state index in [1.54, 1.807) is 0 Å². The van der Waals surface area contributed by atoms with Crippen molar-refractivity contribution in [2.45, 2.75) is 6.92 Å². The minimum atomic E-state index is 0. The zero-order valence-electron chi connectivity index (χ0n) is 9.35. The third kappa shape index (κ3) is 12.5. The van der Waals surface area contributed by atoms with Gasteiger partial charge in [0.05, 0.1) is 0 Å². The van der Waals surface area contributed by atoms with Gasteiger partial charge in [-0.05, 0) is 18.1 Å². The molecule has 0 heterocycles. The number of hydrogen-bond donors (Lipinski definition) is 0. The Hall–Kier alpha value is -1.50. The van der Waals surface area contributed by atoms with Crippen LogP contribution in [0.25, 0.3) is 6.08 Å². The average Bonchev–Trinajstić information content (AvgIpc) is 2.37. The van der Waals surface area contributed by atoms with Gasteiger partial charge in [0, 0.05) is 17.4 Å². The van der Waals surface area contributed by atoms with E-state index >= 15 is 0 Å². The molecule has 1 rings (SSSR count). The average molecular weight is 260 g/mol. The minimum Gasteiger partial charge on any atom is -0.307 e. The number of rotatable bonds is 1. The van der Waals surface area contributed by atoms with E-state index < -0.39 is 0 Å². The largest absolute Gasteiger partial charge is 0.307 e. The van der Waals surface area contributed by atoms with Crippen LogP contribution in [0.1, 0.15) is 11.1 Å². The summed E-state index contributed by atoms with van der Waals surface area (Å²) < 4.78 is 0. The Morgan fingerprint density at radius 3 is 1.56 bits per heavy atom. The first kappa shape index (κ1) is 24.0. The zero-order chi connectivity index (χ0) is 12.7. The van der Waals surface area contributed by atoms with Crippen LogP contribution in [0.3, 0.4) is 0 Å². The van der Waals surface area contributed by atoms with Crippen molar-refractivity contribution < 1.29 is 31.7 Å². The van der Waals surface area contributed by atoms with Crippen LogP contribution in [0.4, 0.5) is 0 Å². The molecule has 0 amide bonds. The van der Waals surface area contributed by atoms with Crippen molar-refractivity contribution in [1.29, 1.82) is 0 Å². The Morgan fingerprint density at radius 2 is 1.31 bits per heavy atom. The Balaban J connectivity index is -0.0000000900. The summed E-state index contributed by atoms with van der Waals surface area (Å²) >= 11 is 0. The quantitative estimate of drug-likeness (QED) is 0.776. The Bertz CT molecular complexity index is 259. The number of carbonyl (C=O) groups excluding carboxylic acids is 3. The normalized spacial score (nSPS) is 5.81. The van der Waals surface area contributed by atoms with E-state index in [-0.39, 0.29) is 17.4 Å². The molecule has 16 heavy (non-hydrogen) atoms. The Labute approximate surface area is 107 Å². The molecule has 0 saturated heterocycles. The maximum absolute atomic E-state index is 8.00. The van der Waals surface area contributed by atoms with Gasteiger partial charge >= 0.3 is 0 Å². The van der Waals surface area contributed by atoms with E-state index in [1.807, 2.05) is 38.6 Å². The first-order valence-electron chi connectivity index (χ1n) is 3.89. The van der Waals surface area contributed by atoms with Crippen LogP contribution in [-0.2, 0) is 31.7 Å². The molecule has 0 aliphatic heterocycles. The van der Waals surface area contributed by atoms with E-state index in [9.17, 15) is 0 Å². The molecule has 1 aromatic rings. The summed E-state index contributed by atoms with van der Waals surface area (Å²) in [5.41, 5.74) is 2.50. The molecule has 0 saturated carbocycles. The smallest absolute Gasteiger partial charge is 0.106 e. The molecule has 88 valence electrons. The van der Waals surface area contributed by atoms with Gasteiger partial charge < -0.3 is 14.4 Å². The van der Waals surface area contributed by atoms with Gasteiger partial charge in [0.25, 0.3) is 0 Å². The molecule has 0 fully saturated rings. The summed E-state index contributed by atoms with van der Waals surface area (Å²) in [7, 11) is 0. The van der Waals surface area contributed by atoms with E-state index in [0.717, 1.165) is 0 Å². The van der Waals surface area contributed by atoms with Gasteiger partial charge in [0.2, 0.25) is 0 Å². The van der Waals surface area contributed by atoms with Gasteiger partial charge in [-0.2, -0.15) is 0 Å². The molecule has 0 N–H and O–H groups in total. The second-order valence-corrected chi connectivity index (χ2v) is 2.06. The summed E-state index contributed by atoms with van der Waals surface area (Å²) in [6.07, 6.45) is 1.87. The fourth-order valence-corrected chi connectivity index (χ4v) is 0.816. The molecule has 0 spiro atoms. The van der Waals surface area contributed by atoms with Gasteiger partial charge in [0.15, 0.2) is 0 Å². The molecule has 0 aliphatic carbocycles. The van der Waals surface area contributed by atoms with Crippen LogP contribution in [-0.4, -0.2) is 20.4 Å². The summed E-state index contributed by atoms with van der Waals surface area (Å²) in [6, 6.07) is 8.19. The van der Waals surface area contributed by atoms with Crippen molar-refractivity contribution in [1.82, 2.24) is 0 Å². The van der Waals surface area contributed by atoms with Crippen LogP contribution in [0.5, 0.6) is 0 Å². The predicted octanol–water partition coefficient (Wildman–Crippen LogP) is 2.08. The summed E-state index contributed by atoms with van der Waals surface area (Å²) in [5.74, 6) is 0. The maximum Gasteiger partial charge on any atom is 0.106 e. The Kier molecular flexibility index (Phi) is 35.0. The minimum absolute atomic E-state index is 0. The zero-order valence-corrected chi connectivity index (χ0v) is 10.6. The molecular formula is C12H16CrO3. The molecule has 0 aliphatic rings. The molecule has 0 radical (unpaired) electrons. The molecule has 0 unspecified atom stereocenters. The van der Waals surface area contributed by atoms with Crippen LogP contribution in [0.15, 0.2) is 30.8 Å². The molecule has 0 atom stereocenters. The van der Waals surface area contributed by atoms with Crippen LogP contribution < -0.4 is 0 Å². The molecule has 0 bridgehead atoms. The van der Waals surface area contributed by atoms with Crippen LogP contribution in [0.2, 0.25) is 0 Å². The second-order valence-electron chi connectivity index (χ2n) is 2.06. The van der Waals surface area contributed by atoms with Crippen molar-refractivity contribution in [2.24, 2.45) is 0 Å². The maximum atomic E-state index is 8.00. The van der Waals surface area contributed by atoms with Gasteiger partial charge in [-0.3, -0.25) is 0 Å². The molecule has 1 aromatic carbocycles. The molecule has 0 aromatic heterocycles. The van der Waals surface area contributed by atoms with Crippen molar-refractivity contribution in [3.05, 3.63) is 42.0 Å². The third-order valence-corrected chi connectivity index (χ3v) is 1.41. The molecule has 3 nitrogen and oxygen atoms in total. The fraction of sp³-hybridized carbons (Fsp3) is 0.0833. The van der Waals surface area contributed by atoms with Crippen molar-refractivity contribution in [3.8, 4) is 0 Å². The number of benzene rings is 1. The van der Waals surface area contributed by atoms with Crippen molar-refractivity contribution in [2.75, 3.05) is 0 Å². The standard InChI is InChI=1S/C9H10.3CH2O.Cr/c1-3-9-7-5-4-6-8(9)2;3*1-2;/h3-7H,1H2,2H3;3*1H2;. The fourth-order valence-electron chi connectivity index (χ4n) is 0.816. The van der Waals surface area contributed by atoms with Crippen LogP contribution >= 0.6 is 0 Å². The number of carbonyl (C=O) groups is 3. The van der Waals surface area contributed by atoms with E-state index in [4.69, 9.17) is 14.4 Å². The summed E-state index contributed by atoms with van der Waals surface area (Å²) in [6.45, 7) is 11.8. The molecular weight excluding hydrogens is 244 g/mol. The number of hydrogen-bond acceptors (Lipinski definition) is 3. The van der Waals surface area contributed by atoms with Crippen molar-refractivity contribution >= 4 is 26.4 Å². The van der Waals surface area contributed by atoms with Crippen LogP contribution in [0, 0.1) is 6.92 Å². The van der Waals surface area contributed by atoms with E-state index in [0.29, 0.717) is 0 Å². The summed E-state index contributed by atoms with van der Waals surface area (Å²) in [4.78, 5) is 24.0. The molecule has 4 heteroatoms. The predicted molar refractivity (Wildman–Crippen MR) is 62.6 cm³/mol. The van der Waals surface area contributed by atoms with Gasteiger partial charge in [-0.1, -0.05) is 36.9 Å². The van der Waals surface area contributed by atoms with Gasteiger partial charge in [0.1, 0.15) is 20.4 Å². The van der Waals surface area contributed by atoms with Gasteiger partial charge in [-0.15, -0.1) is 0 Å². The summed E-state index contributed by atoms with van der Waals surface area (Å²) in [5, 5.41) is 0. The SMILES string of the molecule is C=Cc1ccccc1C.C=O.C=O.C=O.[Cr]. The van der Waals surface area contributed by atoms with E-state index in [2.05, 4.69) is 25.6 Å². The Morgan fingerprint density at radius 1 is 0.938 bits per heavy atom. The topological polar surface area (TPSA) is 51.2 Å². The van der Waals surface area contributed by atoms with Crippen molar-refractivity contribution in [3.63, 3.8) is 0 Å². The first-order chi connectivity index (χ1) is 7.34. The van der Waals surface area contributed by atoms with E-state index in [1.165, 1.54) is 11.1 Å². The first-order valence-corrected chi connectivity index (χ1v) is 3.89. The number of aryl methyl sites for hydroxylation is 1. The monoisotopic (exact) mass is 260 g/mol. The van der Waals surface area contributed by atoms with Gasteiger partial charge in [-0.25, -0.2) is 0 Å². The third-order valence-electron chi connectivity index (χ3n) is 1.41. The second kappa shape index (κ2) is 23.4.